The van der Waals surface area contributed by atoms with Gasteiger partial charge in [-0.1, -0.05) is 6.92 Å². The molecule has 0 bridgehead atoms. The van der Waals surface area contributed by atoms with Crippen molar-refractivity contribution in [2.45, 2.75) is 26.4 Å². The predicted molar refractivity (Wildman–Crippen MR) is 84.3 cm³/mol. The van der Waals surface area contributed by atoms with Gasteiger partial charge in [0.2, 0.25) is 34.8 Å². The van der Waals surface area contributed by atoms with E-state index in [4.69, 9.17) is 14.2 Å². The molecule has 1 heterocycles. The van der Waals surface area contributed by atoms with Gasteiger partial charge in [0.1, 0.15) is 6.10 Å². The van der Waals surface area contributed by atoms with Crippen molar-refractivity contribution in [3.63, 3.8) is 0 Å². The number of rotatable bonds is 4. The number of halogens is 4. The summed E-state index contributed by atoms with van der Waals surface area (Å²) in [4.78, 5) is 22.0. The molecule has 11 heteroatoms. The van der Waals surface area contributed by atoms with Crippen LogP contribution in [0.2, 0.25) is 0 Å². The molecule has 0 spiro atoms. The van der Waals surface area contributed by atoms with Crippen molar-refractivity contribution in [2.75, 3.05) is 0 Å². The summed E-state index contributed by atoms with van der Waals surface area (Å²) < 4.78 is 69.8. The van der Waals surface area contributed by atoms with Crippen molar-refractivity contribution >= 4 is 11.7 Å². The third-order valence-corrected chi connectivity index (χ3v) is 3.93. The molecule has 0 N–H and O–H groups in total. The SMILES string of the molecule is CCC(=O)OC(C)c1cc2c(cc1[N+](=O)[O-])Oc1c(F)c(F)c(F)c(F)c1O2. The number of nitrogens with zero attached hydrogens (tertiary/aromatic N) is 1. The maximum Gasteiger partial charge on any atom is 0.306 e. The number of nitro groups is 1. The molecule has 0 aromatic heterocycles. The number of carbonyl (C=O) groups is 1. The van der Waals surface area contributed by atoms with Gasteiger partial charge in [-0.2, -0.15) is 8.78 Å². The fourth-order valence-electron chi connectivity index (χ4n) is 2.55. The van der Waals surface area contributed by atoms with Gasteiger partial charge >= 0.3 is 5.97 Å². The van der Waals surface area contributed by atoms with E-state index in [2.05, 4.69) is 0 Å². The number of hydrogen-bond acceptors (Lipinski definition) is 6. The van der Waals surface area contributed by atoms with Crippen LogP contribution in [-0.4, -0.2) is 10.9 Å². The Labute approximate surface area is 154 Å². The first-order valence-electron chi connectivity index (χ1n) is 7.89. The lowest BCUT2D eigenvalue weighted by atomic mass is 10.1. The lowest BCUT2D eigenvalue weighted by molar-refractivity contribution is -0.386. The van der Waals surface area contributed by atoms with Gasteiger partial charge in [0, 0.05) is 6.42 Å². The molecule has 7 nitrogen and oxygen atoms in total. The Bertz CT molecular complexity index is 1010. The predicted octanol–water partition coefficient (Wildman–Crippen LogP) is 5.06. The second-order valence-electron chi connectivity index (χ2n) is 5.72. The molecule has 0 fully saturated rings. The summed E-state index contributed by atoms with van der Waals surface area (Å²) in [5.41, 5.74) is -0.688. The zero-order chi connectivity index (χ0) is 20.7. The van der Waals surface area contributed by atoms with Crippen molar-refractivity contribution < 1.29 is 41.5 Å². The summed E-state index contributed by atoms with van der Waals surface area (Å²) in [6.07, 6.45) is -1.07. The standard InChI is InChI=1S/C17H11F4NO6/c1-3-11(23)26-6(2)7-4-9-10(5-8(7)22(24)25)28-17-15(21)13(19)12(18)14(20)16(17)27-9/h4-6H,3H2,1-2H3. The quantitative estimate of drug-likeness (QED) is 0.152. The normalized spacial score (nSPS) is 12.9. The number of carbonyl (C=O) groups excluding carboxylic acids is 1. The summed E-state index contributed by atoms with van der Waals surface area (Å²) in [5.74, 6) is -11.4. The lowest BCUT2D eigenvalue weighted by Crippen LogP contribution is -2.12. The minimum Gasteiger partial charge on any atom is -0.458 e. The summed E-state index contributed by atoms with van der Waals surface area (Å²) in [6.45, 7) is 2.88. The van der Waals surface area contributed by atoms with Crippen LogP contribution in [-0.2, 0) is 9.53 Å². The molecular weight excluding hydrogens is 390 g/mol. The van der Waals surface area contributed by atoms with Crippen molar-refractivity contribution in [3.8, 4) is 23.0 Å². The molecule has 2 aromatic carbocycles. The van der Waals surface area contributed by atoms with E-state index < -0.39 is 63.2 Å². The second-order valence-corrected chi connectivity index (χ2v) is 5.72. The van der Waals surface area contributed by atoms with E-state index in [-0.39, 0.29) is 17.7 Å². The summed E-state index contributed by atoms with van der Waals surface area (Å²) >= 11 is 0. The van der Waals surface area contributed by atoms with E-state index in [1.54, 1.807) is 0 Å². The Morgan fingerprint density at radius 1 is 1.07 bits per heavy atom. The van der Waals surface area contributed by atoms with Crippen LogP contribution in [0.15, 0.2) is 12.1 Å². The minimum absolute atomic E-state index is 0.0192. The number of esters is 1. The van der Waals surface area contributed by atoms with E-state index in [9.17, 15) is 32.5 Å². The molecule has 0 saturated heterocycles. The molecule has 0 radical (unpaired) electrons. The number of hydrogen-bond donors (Lipinski definition) is 0. The number of ether oxygens (including phenoxy) is 3. The van der Waals surface area contributed by atoms with Crippen LogP contribution < -0.4 is 9.47 Å². The first-order valence-corrected chi connectivity index (χ1v) is 7.89. The largest absolute Gasteiger partial charge is 0.458 e. The van der Waals surface area contributed by atoms with Gasteiger partial charge in [-0.05, 0) is 13.0 Å². The Morgan fingerprint density at radius 2 is 1.57 bits per heavy atom. The molecule has 28 heavy (non-hydrogen) atoms. The Kier molecular flexibility index (Phi) is 4.84. The maximum atomic E-state index is 13.9. The number of nitro benzene ring substituents is 1. The van der Waals surface area contributed by atoms with E-state index >= 15 is 0 Å². The molecule has 0 saturated carbocycles. The summed E-state index contributed by atoms with van der Waals surface area (Å²) in [5, 5.41) is 11.4. The fraction of sp³-hybridized carbons (Fsp3) is 0.235. The molecule has 1 atom stereocenters. The zero-order valence-electron chi connectivity index (χ0n) is 14.3. The topological polar surface area (TPSA) is 87.9 Å². The Balaban J connectivity index is 2.12. The summed E-state index contributed by atoms with van der Waals surface area (Å²) in [6, 6.07) is 1.84. The maximum absolute atomic E-state index is 13.9. The van der Waals surface area contributed by atoms with Crippen LogP contribution in [0.4, 0.5) is 23.2 Å². The molecule has 0 amide bonds. The lowest BCUT2D eigenvalue weighted by Gasteiger charge is -2.23. The monoisotopic (exact) mass is 401 g/mol. The minimum atomic E-state index is -2.12. The third kappa shape index (κ3) is 3.08. The van der Waals surface area contributed by atoms with E-state index in [0.717, 1.165) is 12.1 Å². The first-order chi connectivity index (χ1) is 13.1. The van der Waals surface area contributed by atoms with E-state index in [0.29, 0.717) is 0 Å². The first kappa shape index (κ1) is 19.4. The Morgan fingerprint density at radius 3 is 2.04 bits per heavy atom. The van der Waals surface area contributed by atoms with Crippen LogP contribution in [0.3, 0.4) is 0 Å². The molecule has 0 aliphatic carbocycles. The van der Waals surface area contributed by atoms with Crippen LogP contribution in [0.1, 0.15) is 31.9 Å². The van der Waals surface area contributed by atoms with Crippen molar-refractivity contribution in [3.05, 3.63) is 51.1 Å². The second kappa shape index (κ2) is 6.98. The van der Waals surface area contributed by atoms with Crippen molar-refractivity contribution in [1.82, 2.24) is 0 Å². The van der Waals surface area contributed by atoms with Gasteiger partial charge < -0.3 is 14.2 Å². The van der Waals surface area contributed by atoms with Gasteiger partial charge in [-0.3, -0.25) is 14.9 Å². The molecule has 2 aromatic rings. The van der Waals surface area contributed by atoms with Gasteiger partial charge in [-0.25, -0.2) is 8.78 Å². The van der Waals surface area contributed by atoms with E-state index in [1.807, 2.05) is 0 Å². The molecule has 3 rings (SSSR count). The highest BCUT2D eigenvalue weighted by Crippen LogP contribution is 2.51. The van der Waals surface area contributed by atoms with Crippen molar-refractivity contribution in [1.29, 1.82) is 0 Å². The van der Waals surface area contributed by atoms with E-state index in [1.165, 1.54) is 13.8 Å². The van der Waals surface area contributed by atoms with Gasteiger partial charge in [-0.15, -0.1) is 0 Å². The van der Waals surface area contributed by atoms with Crippen LogP contribution in [0.5, 0.6) is 23.0 Å². The van der Waals surface area contributed by atoms with Crippen LogP contribution in [0, 0.1) is 33.4 Å². The average Bonchev–Trinajstić information content (AvgIpc) is 2.68. The highest BCUT2D eigenvalue weighted by molar-refractivity contribution is 5.70. The highest BCUT2D eigenvalue weighted by atomic mass is 19.2. The molecular formula is C17H11F4NO6. The van der Waals surface area contributed by atoms with Gasteiger partial charge in [0.25, 0.3) is 5.69 Å². The summed E-state index contributed by atoms with van der Waals surface area (Å²) in [7, 11) is 0. The van der Waals surface area contributed by atoms with Gasteiger partial charge in [0.15, 0.2) is 11.5 Å². The molecule has 1 unspecified atom stereocenters. The molecule has 1 aliphatic rings. The van der Waals surface area contributed by atoms with Crippen molar-refractivity contribution in [2.24, 2.45) is 0 Å². The highest BCUT2D eigenvalue weighted by Gasteiger charge is 2.35. The Hall–Kier alpha value is -3.37. The number of fused-ring (bicyclic) bond motifs is 2. The third-order valence-electron chi connectivity index (χ3n) is 3.93. The van der Waals surface area contributed by atoms with Gasteiger partial charge in [0.05, 0.1) is 16.6 Å². The fourth-order valence-corrected chi connectivity index (χ4v) is 2.55. The average molecular weight is 401 g/mol. The van der Waals surface area contributed by atoms with Crippen LogP contribution >= 0.6 is 0 Å². The molecule has 1 aliphatic heterocycles. The number of benzene rings is 2. The smallest absolute Gasteiger partial charge is 0.306 e. The zero-order valence-corrected chi connectivity index (χ0v) is 14.3. The van der Waals surface area contributed by atoms with Crippen LogP contribution in [0.25, 0.3) is 0 Å². The molecule has 148 valence electrons.